The number of rotatable bonds is 5. The smallest absolute Gasteiger partial charge is 0.259 e. The van der Waals surface area contributed by atoms with Gasteiger partial charge in [0.2, 0.25) is 11.9 Å². The topological polar surface area (TPSA) is 88.3 Å². The van der Waals surface area contributed by atoms with E-state index in [4.69, 9.17) is 4.42 Å². The van der Waals surface area contributed by atoms with Gasteiger partial charge in [-0.25, -0.2) is 15.0 Å². The molecular formula is C18H20N6O2S. The number of carbonyl (C=O) groups is 1. The monoisotopic (exact) mass is 384 g/mol. The molecule has 0 unspecified atom stereocenters. The van der Waals surface area contributed by atoms with Gasteiger partial charge in [0.25, 0.3) is 5.22 Å². The number of pyridine rings is 1. The minimum Gasteiger partial charge on any atom is -0.430 e. The van der Waals surface area contributed by atoms with Crippen molar-refractivity contribution in [2.45, 2.75) is 23.8 Å². The van der Waals surface area contributed by atoms with Crippen LogP contribution in [-0.2, 0) is 4.79 Å². The van der Waals surface area contributed by atoms with Crippen LogP contribution in [0.1, 0.15) is 13.3 Å². The van der Waals surface area contributed by atoms with Gasteiger partial charge in [-0.2, -0.15) is 4.98 Å². The Kier molecular flexibility index (Phi) is 5.19. The maximum absolute atomic E-state index is 13.0. The van der Waals surface area contributed by atoms with Crippen LogP contribution in [0.3, 0.4) is 0 Å². The molecule has 27 heavy (non-hydrogen) atoms. The fourth-order valence-electron chi connectivity index (χ4n) is 3.01. The Balaban J connectivity index is 1.39. The van der Waals surface area contributed by atoms with Crippen LogP contribution in [0.25, 0.3) is 11.2 Å². The van der Waals surface area contributed by atoms with E-state index in [1.54, 1.807) is 30.7 Å². The molecule has 1 saturated heterocycles. The molecule has 4 heterocycles. The molecule has 0 saturated carbocycles. The number of hydrogen-bond donors (Lipinski definition) is 0. The second-order valence-corrected chi connectivity index (χ2v) is 7.33. The second kappa shape index (κ2) is 7.91. The number of oxazole rings is 1. The van der Waals surface area contributed by atoms with E-state index in [9.17, 15) is 4.79 Å². The Labute approximate surface area is 161 Å². The summed E-state index contributed by atoms with van der Waals surface area (Å²) in [7, 11) is 0. The molecule has 0 aliphatic carbocycles. The SMILES string of the molecule is CC[C@H](Sc1nc2ncccc2o1)C(=O)N1CCN(c2ncccn2)CC1. The highest BCUT2D eigenvalue weighted by molar-refractivity contribution is 8.00. The quantitative estimate of drug-likeness (QED) is 0.619. The van der Waals surface area contributed by atoms with Gasteiger partial charge in [-0.1, -0.05) is 18.7 Å². The third-order valence-electron chi connectivity index (χ3n) is 4.46. The minimum atomic E-state index is -0.224. The Hall–Kier alpha value is -2.68. The number of piperazine rings is 1. The normalized spacial score (nSPS) is 15.9. The van der Waals surface area contributed by atoms with Crippen molar-refractivity contribution < 1.29 is 9.21 Å². The van der Waals surface area contributed by atoms with Gasteiger partial charge in [0, 0.05) is 44.8 Å². The van der Waals surface area contributed by atoms with Crippen molar-refractivity contribution in [1.82, 2.24) is 24.8 Å². The van der Waals surface area contributed by atoms with Gasteiger partial charge >= 0.3 is 0 Å². The predicted molar refractivity (Wildman–Crippen MR) is 103 cm³/mol. The summed E-state index contributed by atoms with van der Waals surface area (Å²) in [4.78, 5) is 34.1. The number of hydrogen-bond acceptors (Lipinski definition) is 8. The zero-order valence-corrected chi connectivity index (χ0v) is 15.8. The largest absolute Gasteiger partial charge is 0.430 e. The molecule has 0 bridgehead atoms. The van der Waals surface area contributed by atoms with Gasteiger partial charge in [-0.15, -0.1) is 0 Å². The summed E-state index contributed by atoms with van der Waals surface area (Å²) >= 11 is 1.37. The molecule has 140 valence electrons. The summed E-state index contributed by atoms with van der Waals surface area (Å²) in [6.45, 7) is 4.77. The van der Waals surface area contributed by atoms with Crippen molar-refractivity contribution in [3.8, 4) is 0 Å². The lowest BCUT2D eigenvalue weighted by molar-refractivity contribution is -0.130. The summed E-state index contributed by atoms with van der Waals surface area (Å²) in [5.41, 5.74) is 1.21. The van der Waals surface area contributed by atoms with Crippen LogP contribution < -0.4 is 4.90 Å². The number of carbonyl (C=O) groups excluding carboxylic acids is 1. The molecule has 4 rings (SSSR count). The summed E-state index contributed by atoms with van der Waals surface area (Å²) in [6.07, 6.45) is 5.85. The molecule has 1 atom stereocenters. The van der Waals surface area contributed by atoms with E-state index < -0.39 is 0 Å². The highest BCUT2D eigenvalue weighted by atomic mass is 32.2. The molecule has 9 heteroatoms. The Morgan fingerprint density at radius 1 is 1.15 bits per heavy atom. The number of fused-ring (bicyclic) bond motifs is 1. The van der Waals surface area contributed by atoms with Crippen molar-refractivity contribution in [1.29, 1.82) is 0 Å². The lowest BCUT2D eigenvalue weighted by atomic mass is 10.2. The molecular weight excluding hydrogens is 364 g/mol. The predicted octanol–water partition coefficient (Wildman–Crippen LogP) is 2.23. The first-order valence-corrected chi connectivity index (χ1v) is 9.81. The van der Waals surface area contributed by atoms with Crippen molar-refractivity contribution in [3.63, 3.8) is 0 Å². The molecule has 1 fully saturated rings. The lowest BCUT2D eigenvalue weighted by Crippen LogP contribution is -2.51. The molecule has 1 amide bonds. The summed E-state index contributed by atoms with van der Waals surface area (Å²) in [6, 6.07) is 5.43. The van der Waals surface area contributed by atoms with Crippen LogP contribution in [0.15, 0.2) is 46.4 Å². The fourth-order valence-corrected chi connectivity index (χ4v) is 3.95. The maximum atomic E-state index is 13.0. The zero-order valence-electron chi connectivity index (χ0n) is 15.0. The van der Waals surface area contributed by atoms with E-state index in [2.05, 4.69) is 24.8 Å². The van der Waals surface area contributed by atoms with E-state index in [0.29, 0.717) is 41.9 Å². The lowest BCUT2D eigenvalue weighted by Gasteiger charge is -2.36. The highest BCUT2D eigenvalue weighted by Gasteiger charge is 2.29. The molecule has 0 aromatic carbocycles. The van der Waals surface area contributed by atoms with E-state index in [1.807, 2.05) is 17.9 Å². The Bertz CT molecular complexity index is 877. The van der Waals surface area contributed by atoms with Crippen LogP contribution in [0.4, 0.5) is 5.95 Å². The van der Waals surface area contributed by atoms with Gasteiger partial charge < -0.3 is 14.2 Å². The van der Waals surface area contributed by atoms with E-state index in [-0.39, 0.29) is 11.2 Å². The number of amides is 1. The second-order valence-electron chi connectivity index (χ2n) is 6.18. The standard InChI is InChI=1S/C18H20N6O2S/c1-2-14(27-18-22-15-13(26-18)5-3-6-19-15)16(25)23-9-11-24(12-10-23)17-20-7-4-8-21-17/h3-8,14H,2,9-12H2,1H3/t14-/m0/s1. The zero-order chi connectivity index (χ0) is 18.6. The minimum absolute atomic E-state index is 0.117. The molecule has 3 aromatic heterocycles. The summed E-state index contributed by atoms with van der Waals surface area (Å²) in [5.74, 6) is 0.830. The number of aromatic nitrogens is 4. The van der Waals surface area contributed by atoms with E-state index in [0.717, 1.165) is 13.1 Å². The molecule has 0 N–H and O–H groups in total. The first-order valence-electron chi connectivity index (χ1n) is 8.93. The van der Waals surface area contributed by atoms with Crippen molar-refractivity contribution in [3.05, 3.63) is 36.8 Å². The summed E-state index contributed by atoms with van der Waals surface area (Å²) < 4.78 is 5.71. The highest BCUT2D eigenvalue weighted by Crippen LogP contribution is 2.29. The average molecular weight is 384 g/mol. The third-order valence-corrected chi connectivity index (χ3v) is 5.66. The first-order chi connectivity index (χ1) is 13.2. The van der Waals surface area contributed by atoms with E-state index >= 15 is 0 Å². The number of nitrogens with zero attached hydrogens (tertiary/aromatic N) is 6. The molecule has 8 nitrogen and oxygen atoms in total. The molecule has 1 aliphatic rings. The number of thioether (sulfide) groups is 1. The van der Waals surface area contributed by atoms with Gasteiger partial charge in [-0.3, -0.25) is 4.79 Å². The first kappa shape index (κ1) is 17.7. The van der Waals surface area contributed by atoms with Gasteiger partial charge in [-0.05, 0) is 24.6 Å². The van der Waals surface area contributed by atoms with Crippen LogP contribution >= 0.6 is 11.8 Å². The molecule has 3 aromatic rings. The van der Waals surface area contributed by atoms with Crippen LogP contribution in [0.2, 0.25) is 0 Å². The molecule has 0 radical (unpaired) electrons. The molecule has 1 aliphatic heterocycles. The van der Waals surface area contributed by atoms with Gasteiger partial charge in [0.15, 0.2) is 11.2 Å². The third kappa shape index (κ3) is 3.87. The number of anilines is 1. The van der Waals surface area contributed by atoms with Gasteiger partial charge in [0.05, 0.1) is 5.25 Å². The van der Waals surface area contributed by atoms with Crippen LogP contribution in [-0.4, -0.2) is 62.2 Å². The molecule has 0 spiro atoms. The van der Waals surface area contributed by atoms with E-state index in [1.165, 1.54) is 11.8 Å². The van der Waals surface area contributed by atoms with Crippen molar-refractivity contribution in [2.24, 2.45) is 0 Å². The maximum Gasteiger partial charge on any atom is 0.259 e. The Morgan fingerprint density at radius 3 is 2.59 bits per heavy atom. The Morgan fingerprint density at radius 2 is 1.89 bits per heavy atom. The van der Waals surface area contributed by atoms with Crippen LogP contribution in [0.5, 0.6) is 0 Å². The van der Waals surface area contributed by atoms with Crippen LogP contribution in [0, 0.1) is 0 Å². The van der Waals surface area contributed by atoms with Crippen molar-refractivity contribution >= 4 is 34.8 Å². The average Bonchev–Trinajstić information content (AvgIpc) is 3.15. The summed E-state index contributed by atoms with van der Waals surface area (Å²) in [5, 5.41) is 0.262. The van der Waals surface area contributed by atoms with Gasteiger partial charge in [0.1, 0.15) is 0 Å². The van der Waals surface area contributed by atoms with Crippen molar-refractivity contribution in [2.75, 3.05) is 31.1 Å². The fraction of sp³-hybridized carbons (Fsp3) is 0.389.